The normalized spacial score (nSPS) is 15.7. The molecule has 0 spiro atoms. The van der Waals surface area contributed by atoms with Crippen LogP contribution in [0.2, 0.25) is 0 Å². The molecule has 0 aliphatic carbocycles. The SMILES string of the molecule is CCOC(=O)C1=C(C)N=c2s/c(=C\c3c(C)[nH]c4ccccc34)c(=O)n2[C@H]1c1ccc(OC(C)C)cc1. The van der Waals surface area contributed by atoms with Crippen LogP contribution in [-0.4, -0.2) is 28.2 Å². The van der Waals surface area contributed by atoms with Gasteiger partial charge in [-0.2, -0.15) is 0 Å². The minimum atomic E-state index is -0.658. The summed E-state index contributed by atoms with van der Waals surface area (Å²) < 4.78 is 13.3. The number of nitrogens with zero attached hydrogens (tertiary/aromatic N) is 2. The van der Waals surface area contributed by atoms with Gasteiger partial charge in [0, 0.05) is 22.2 Å². The fourth-order valence-electron chi connectivity index (χ4n) is 4.72. The van der Waals surface area contributed by atoms with Gasteiger partial charge in [0.25, 0.3) is 5.56 Å². The molecule has 1 aliphatic heterocycles. The van der Waals surface area contributed by atoms with Crippen LogP contribution in [0.3, 0.4) is 0 Å². The van der Waals surface area contributed by atoms with Crippen molar-refractivity contribution >= 4 is 34.3 Å². The van der Waals surface area contributed by atoms with E-state index in [-0.39, 0.29) is 18.3 Å². The van der Waals surface area contributed by atoms with Gasteiger partial charge in [0.1, 0.15) is 5.75 Å². The standard InChI is InChI=1S/C29H29N3O4S/c1-6-35-28(34)25-18(5)31-29-32(26(25)19-11-13-20(14-12-19)36-16(2)3)27(33)24(37-29)15-22-17(4)30-23-10-8-7-9-21(22)23/h7-16,26,30H,6H2,1-5H3/b24-15-/t26-/m0/s1. The molecule has 0 fully saturated rings. The van der Waals surface area contributed by atoms with E-state index in [9.17, 15) is 9.59 Å². The van der Waals surface area contributed by atoms with E-state index in [1.807, 2.05) is 75.4 Å². The zero-order valence-corrected chi connectivity index (χ0v) is 22.3. The summed E-state index contributed by atoms with van der Waals surface area (Å²) in [6.07, 6.45) is 1.95. The largest absolute Gasteiger partial charge is 0.491 e. The van der Waals surface area contributed by atoms with Crippen LogP contribution >= 0.6 is 11.3 Å². The lowest BCUT2D eigenvalue weighted by Gasteiger charge is -2.25. The summed E-state index contributed by atoms with van der Waals surface area (Å²) in [6, 6.07) is 14.9. The molecule has 0 unspecified atom stereocenters. The van der Waals surface area contributed by atoms with Crippen molar-refractivity contribution < 1.29 is 14.3 Å². The molecular formula is C29H29N3O4S. The first-order valence-corrected chi connectivity index (χ1v) is 13.1. The van der Waals surface area contributed by atoms with Crippen LogP contribution < -0.4 is 19.6 Å². The highest BCUT2D eigenvalue weighted by Crippen LogP contribution is 2.32. The number of hydrogen-bond acceptors (Lipinski definition) is 6. The molecule has 4 aromatic rings. The third kappa shape index (κ3) is 4.53. The Morgan fingerprint density at radius 3 is 2.59 bits per heavy atom. The number of H-pyrrole nitrogens is 1. The van der Waals surface area contributed by atoms with Gasteiger partial charge in [-0.05, 0) is 64.5 Å². The van der Waals surface area contributed by atoms with E-state index in [2.05, 4.69) is 9.98 Å². The highest BCUT2D eigenvalue weighted by atomic mass is 32.1. The maximum atomic E-state index is 13.9. The fourth-order valence-corrected chi connectivity index (χ4v) is 5.75. The first-order valence-electron chi connectivity index (χ1n) is 12.3. The zero-order chi connectivity index (χ0) is 26.3. The van der Waals surface area contributed by atoms with Gasteiger partial charge in [0.2, 0.25) is 0 Å². The molecule has 0 saturated carbocycles. The second kappa shape index (κ2) is 9.86. The second-order valence-corrected chi connectivity index (χ2v) is 10.3. The summed E-state index contributed by atoms with van der Waals surface area (Å²) in [5.74, 6) is 0.248. The highest BCUT2D eigenvalue weighted by molar-refractivity contribution is 7.07. The zero-order valence-electron chi connectivity index (χ0n) is 21.5. The topological polar surface area (TPSA) is 85.7 Å². The molecule has 0 radical (unpaired) electrons. The van der Waals surface area contributed by atoms with E-state index < -0.39 is 12.0 Å². The van der Waals surface area contributed by atoms with Gasteiger partial charge in [-0.1, -0.05) is 41.7 Å². The van der Waals surface area contributed by atoms with Crippen LogP contribution in [0.25, 0.3) is 17.0 Å². The Hall–Kier alpha value is -3.91. The van der Waals surface area contributed by atoms with Crippen molar-refractivity contribution in [1.82, 2.24) is 9.55 Å². The molecule has 8 heteroatoms. The van der Waals surface area contributed by atoms with E-state index in [0.29, 0.717) is 20.6 Å². The molecule has 3 heterocycles. The Morgan fingerprint density at radius 1 is 1.16 bits per heavy atom. The second-order valence-electron chi connectivity index (χ2n) is 9.25. The summed E-state index contributed by atoms with van der Waals surface area (Å²) in [5.41, 5.74) is 4.45. The van der Waals surface area contributed by atoms with Crippen LogP contribution in [-0.2, 0) is 9.53 Å². The number of carbonyl (C=O) groups excluding carboxylic acids is 1. The molecule has 1 atom stereocenters. The number of para-hydroxylation sites is 1. The van der Waals surface area contributed by atoms with Crippen molar-refractivity contribution in [3.05, 3.63) is 96.3 Å². The Bertz CT molecular complexity index is 1700. The lowest BCUT2D eigenvalue weighted by molar-refractivity contribution is -0.139. The monoisotopic (exact) mass is 515 g/mol. The summed E-state index contributed by atoms with van der Waals surface area (Å²) >= 11 is 1.32. The molecule has 37 heavy (non-hydrogen) atoms. The molecule has 0 amide bonds. The number of hydrogen-bond donors (Lipinski definition) is 1. The highest BCUT2D eigenvalue weighted by Gasteiger charge is 2.33. The Labute approximate surface area is 218 Å². The molecule has 7 nitrogen and oxygen atoms in total. The van der Waals surface area contributed by atoms with Crippen LogP contribution in [0, 0.1) is 6.92 Å². The number of esters is 1. The molecule has 0 bridgehead atoms. The van der Waals surface area contributed by atoms with E-state index in [4.69, 9.17) is 9.47 Å². The first-order chi connectivity index (χ1) is 17.8. The average Bonchev–Trinajstić information content (AvgIpc) is 3.34. The maximum Gasteiger partial charge on any atom is 0.338 e. The van der Waals surface area contributed by atoms with Gasteiger partial charge in [0.05, 0.1) is 34.6 Å². The number of fused-ring (bicyclic) bond motifs is 2. The Balaban J connectivity index is 1.70. The molecule has 1 aliphatic rings. The van der Waals surface area contributed by atoms with E-state index in [1.165, 1.54) is 11.3 Å². The lowest BCUT2D eigenvalue weighted by Crippen LogP contribution is -2.39. The Kier molecular flexibility index (Phi) is 6.60. The molecule has 2 aromatic carbocycles. The lowest BCUT2D eigenvalue weighted by atomic mass is 9.96. The van der Waals surface area contributed by atoms with Gasteiger partial charge in [-0.25, -0.2) is 9.79 Å². The van der Waals surface area contributed by atoms with Gasteiger partial charge in [0.15, 0.2) is 4.80 Å². The van der Waals surface area contributed by atoms with Gasteiger partial charge in [-0.3, -0.25) is 9.36 Å². The van der Waals surface area contributed by atoms with Crippen LogP contribution in [0.4, 0.5) is 0 Å². The maximum absolute atomic E-state index is 13.9. The predicted molar refractivity (Wildman–Crippen MR) is 146 cm³/mol. The molecule has 1 N–H and O–H groups in total. The minimum Gasteiger partial charge on any atom is -0.491 e. The summed E-state index contributed by atoms with van der Waals surface area (Å²) in [5, 5.41) is 1.05. The quantitative estimate of drug-likeness (QED) is 0.386. The van der Waals surface area contributed by atoms with Crippen molar-refractivity contribution in [2.75, 3.05) is 6.61 Å². The van der Waals surface area contributed by atoms with E-state index in [1.54, 1.807) is 18.4 Å². The van der Waals surface area contributed by atoms with Crippen LogP contribution in [0.1, 0.15) is 50.6 Å². The number of allylic oxidation sites excluding steroid dienone is 1. The molecule has 2 aromatic heterocycles. The molecule has 5 rings (SSSR count). The van der Waals surface area contributed by atoms with Crippen molar-refractivity contribution in [1.29, 1.82) is 0 Å². The van der Waals surface area contributed by atoms with Crippen LogP contribution in [0.15, 0.2) is 69.6 Å². The number of thiazole rings is 1. The summed E-state index contributed by atoms with van der Waals surface area (Å²) in [4.78, 5) is 35.6. The summed E-state index contributed by atoms with van der Waals surface area (Å²) in [7, 11) is 0. The average molecular weight is 516 g/mol. The number of benzene rings is 2. The van der Waals surface area contributed by atoms with Gasteiger partial charge in [-0.15, -0.1) is 0 Å². The first kappa shape index (κ1) is 24.8. The number of carbonyl (C=O) groups is 1. The number of nitrogens with one attached hydrogen (secondary N) is 1. The van der Waals surface area contributed by atoms with Crippen molar-refractivity contribution in [3.8, 4) is 5.75 Å². The third-order valence-electron chi connectivity index (χ3n) is 6.30. The van der Waals surface area contributed by atoms with Gasteiger partial charge < -0.3 is 14.5 Å². The van der Waals surface area contributed by atoms with Crippen molar-refractivity contribution in [2.24, 2.45) is 4.99 Å². The number of ether oxygens (including phenoxy) is 2. The predicted octanol–water partition coefficient (Wildman–Crippen LogP) is 4.38. The number of aryl methyl sites for hydroxylation is 1. The number of aromatic amines is 1. The molecular weight excluding hydrogens is 486 g/mol. The number of rotatable bonds is 6. The van der Waals surface area contributed by atoms with Crippen LogP contribution in [0.5, 0.6) is 5.75 Å². The smallest absolute Gasteiger partial charge is 0.338 e. The van der Waals surface area contributed by atoms with Crippen molar-refractivity contribution in [3.63, 3.8) is 0 Å². The summed E-state index contributed by atoms with van der Waals surface area (Å²) in [6.45, 7) is 9.71. The van der Waals surface area contributed by atoms with E-state index >= 15 is 0 Å². The minimum absolute atomic E-state index is 0.0359. The fraction of sp³-hybridized carbons (Fsp3) is 0.276. The third-order valence-corrected chi connectivity index (χ3v) is 7.29. The van der Waals surface area contributed by atoms with E-state index in [0.717, 1.165) is 33.5 Å². The molecule has 190 valence electrons. The Morgan fingerprint density at radius 2 is 1.89 bits per heavy atom. The van der Waals surface area contributed by atoms with Gasteiger partial charge >= 0.3 is 5.97 Å². The van der Waals surface area contributed by atoms with Crippen molar-refractivity contribution in [2.45, 2.75) is 46.8 Å². The number of aromatic nitrogens is 2. The molecule has 0 saturated heterocycles.